The van der Waals surface area contributed by atoms with E-state index in [0.717, 1.165) is 39.1 Å². The molecule has 2 rings (SSSR count). The number of benzene rings is 1. The average molecular weight is 307 g/mol. The molecule has 0 saturated carbocycles. The molecular formula is C15H17NO2S2. The first kappa shape index (κ1) is 15.1. The van der Waals surface area contributed by atoms with Gasteiger partial charge in [0.25, 0.3) is 0 Å². The highest BCUT2D eigenvalue weighted by Crippen LogP contribution is 2.30. The molecule has 1 N–H and O–H groups in total. The summed E-state index contributed by atoms with van der Waals surface area (Å²) in [5.74, 6) is 1.16. The Hall–Kier alpha value is -1.33. The first-order valence-electron chi connectivity index (χ1n) is 6.54. The summed E-state index contributed by atoms with van der Waals surface area (Å²) in [7, 11) is 0. The summed E-state index contributed by atoms with van der Waals surface area (Å²) in [5, 5.41) is 10.0. The van der Waals surface area contributed by atoms with E-state index < -0.39 is 5.97 Å². The summed E-state index contributed by atoms with van der Waals surface area (Å²) < 4.78 is 0. The van der Waals surface area contributed by atoms with Crippen LogP contribution >= 0.6 is 23.1 Å². The number of thiazole rings is 1. The van der Waals surface area contributed by atoms with Gasteiger partial charge in [-0.05, 0) is 12.2 Å². The van der Waals surface area contributed by atoms with Crippen LogP contribution in [-0.2, 0) is 17.0 Å². The lowest BCUT2D eigenvalue weighted by Crippen LogP contribution is -1.99. The molecule has 106 valence electrons. The molecule has 0 saturated heterocycles. The van der Waals surface area contributed by atoms with Crippen molar-refractivity contribution in [2.24, 2.45) is 0 Å². The van der Waals surface area contributed by atoms with Gasteiger partial charge in [-0.25, -0.2) is 4.98 Å². The van der Waals surface area contributed by atoms with Crippen molar-refractivity contribution in [1.29, 1.82) is 0 Å². The number of hydrogen-bond acceptors (Lipinski definition) is 4. The maximum atomic E-state index is 11.0. The average Bonchev–Trinajstić information content (AvgIpc) is 2.82. The predicted molar refractivity (Wildman–Crippen MR) is 85.3 cm³/mol. The molecule has 0 unspecified atom stereocenters. The van der Waals surface area contributed by atoms with E-state index >= 15 is 0 Å². The van der Waals surface area contributed by atoms with Crippen LogP contribution < -0.4 is 0 Å². The van der Waals surface area contributed by atoms with Gasteiger partial charge in [-0.2, -0.15) is 11.8 Å². The van der Waals surface area contributed by atoms with Crippen molar-refractivity contribution in [3.63, 3.8) is 0 Å². The molecular weight excluding hydrogens is 290 g/mol. The molecule has 0 aliphatic carbocycles. The zero-order valence-electron chi connectivity index (χ0n) is 11.3. The van der Waals surface area contributed by atoms with Crippen LogP contribution in [0.5, 0.6) is 0 Å². The number of carboxylic acid groups (broad SMARTS) is 1. The molecule has 1 aromatic carbocycles. The predicted octanol–water partition coefficient (Wildman–Crippen LogP) is 4.08. The summed E-state index contributed by atoms with van der Waals surface area (Å²) in [4.78, 5) is 16.5. The molecule has 0 radical (unpaired) electrons. The molecule has 0 atom stereocenters. The van der Waals surface area contributed by atoms with Crippen molar-refractivity contribution in [3.8, 4) is 11.3 Å². The number of nitrogens with zero attached hydrogens (tertiary/aromatic N) is 1. The Kier molecular flexibility index (Phi) is 5.61. The fraction of sp³-hybridized carbons (Fsp3) is 0.333. The maximum absolute atomic E-state index is 11.0. The molecule has 3 nitrogen and oxygen atoms in total. The Morgan fingerprint density at radius 1 is 1.35 bits per heavy atom. The minimum absolute atomic E-state index is 0.0420. The van der Waals surface area contributed by atoms with Gasteiger partial charge in [-0.15, -0.1) is 11.3 Å². The summed E-state index contributed by atoms with van der Waals surface area (Å²) in [6.07, 6.45) is 1.18. The molecule has 0 amide bonds. The lowest BCUT2D eigenvalue weighted by molar-refractivity contribution is -0.136. The second-order valence-electron chi connectivity index (χ2n) is 4.37. The molecule has 2 aromatic rings. The minimum Gasteiger partial charge on any atom is -0.481 e. The van der Waals surface area contributed by atoms with Crippen molar-refractivity contribution < 1.29 is 9.90 Å². The number of hydrogen-bond donors (Lipinski definition) is 1. The van der Waals surface area contributed by atoms with Gasteiger partial charge in [-0.1, -0.05) is 37.3 Å². The summed E-state index contributed by atoms with van der Waals surface area (Å²) in [5.41, 5.74) is 1.82. The van der Waals surface area contributed by atoms with E-state index in [1.54, 1.807) is 0 Å². The minimum atomic E-state index is -0.807. The van der Waals surface area contributed by atoms with Crippen molar-refractivity contribution in [2.75, 3.05) is 5.75 Å². The molecule has 0 fully saturated rings. The Labute approximate surface area is 127 Å². The van der Waals surface area contributed by atoms with Crippen molar-refractivity contribution in [3.05, 3.63) is 40.2 Å². The van der Waals surface area contributed by atoms with Gasteiger partial charge in [0.1, 0.15) is 5.01 Å². The van der Waals surface area contributed by atoms with Crippen LogP contribution in [0.15, 0.2) is 30.3 Å². The van der Waals surface area contributed by atoms with Crippen LogP contribution in [0.4, 0.5) is 0 Å². The van der Waals surface area contributed by atoms with E-state index in [9.17, 15) is 4.79 Å². The van der Waals surface area contributed by atoms with Gasteiger partial charge in [-0.3, -0.25) is 4.79 Å². The number of aromatic nitrogens is 1. The van der Waals surface area contributed by atoms with Crippen LogP contribution in [0.2, 0.25) is 0 Å². The Balaban J connectivity index is 2.25. The molecule has 0 bridgehead atoms. The van der Waals surface area contributed by atoms with Crippen LogP contribution in [0, 0.1) is 0 Å². The number of carbonyl (C=O) groups is 1. The molecule has 0 aliphatic heterocycles. The molecule has 5 heteroatoms. The maximum Gasteiger partial charge on any atom is 0.308 e. The quantitative estimate of drug-likeness (QED) is 0.783. The summed E-state index contributed by atoms with van der Waals surface area (Å²) in [6.45, 7) is 2.15. The van der Waals surface area contributed by atoms with Crippen LogP contribution in [0.1, 0.15) is 23.2 Å². The van der Waals surface area contributed by atoms with Gasteiger partial charge in [0, 0.05) is 16.2 Å². The van der Waals surface area contributed by atoms with Crippen molar-refractivity contribution in [2.45, 2.75) is 25.5 Å². The standard InChI is InChI=1S/C15H17NO2S2/c1-2-8-19-10-13-16-15(11-6-4-3-5-7-11)12(20-13)9-14(17)18/h3-7H,2,8-10H2,1H3,(H,17,18). The van der Waals surface area contributed by atoms with Gasteiger partial charge >= 0.3 is 5.97 Å². The van der Waals surface area contributed by atoms with E-state index in [4.69, 9.17) is 5.11 Å². The zero-order valence-corrected chi connectivity index (χ0v) is 13.0. The molecule has 1 heterocycles. The van der Waals surface area contributed by atoms with Gasteiger partial charge in [0.2, 0.25) is 0 Å². The molecule has 0 aliphatic rings. The largest absolute Gasteiger partial charge is 0.481 e. The van der Waals surface area contributed by atoms with Gasteiger partial charge in [0.05, 0.1) is 12.1 Å². The summed E-state index contributed by atoms with van der Waals surface area (Å²) >= 11 is 3.36. The Morgan fingerprint density at radius 2 is 2.10 bits per heavy atom. The van der Waals surface area contributed by atoms with E-state index in [-0.39, 0.29) is 6.42 Å². The topological polar surface area (TPSA) is 50.2 Å². The smallest absolute Gasteiger partial charge is 0.308 e. The van der Waals surface area contributed by atoms with E-state index in [0.29, 0.717) is 0 Å². The van der Waals surface area contributed by atoms with E-state index in [1.807, 2.05) is 42.1 Å². The van der Waals surface area contributed by atoms with Gasteiger partial charge in [0.15, 0.2) is 0 Å². The highest BCUT2D eigenvalue weighted by molar-refractivity contribution is 7.98. The van der Waals surface area contributed by atoms with E-state index in [2.05, 4.69) is 11.9 Å². The van der Waals surface area contributed by atoms with Crippen LogP contribution in [0.25, 0.3) is 11.3 Å². The molecule has 0 spiro atoms. The van der Waals surface area contributed by atoms with Crippen molar-refractivity contribution >= 4 is 29.1 Å². The third-order valence-corrected chi connectivity index (χ3v) is 5.09. The first-order valence-corrected chi connectivity index (χ1v) is 8.51. The second-order valence-corrected chi connectivity index (χ2v) is 6.64. The third-order valence-electron chi connectivity index (χ3n) is 2.67. The van der Waals surface area contributed by atoms with Crippen LogP contribution in [0.3, 0.4) is 0 Å². The van der Waals surface area contributed by atoms with E-state index in [1.165, 1.54) is 11.3 Å². The second kappa shape index (κ2) is 7.45. The van der Waals surface area contributed by atoms with Gasteiger partial charge < -0.3 is 5.11 Å². The van der Waals surface area contributed by atoms with Crippen LogP contribution in [-0.4, -0.2) is 21.8 Å². The summed E-state index contributed by atoms with van der Waals surface area (Å²) in [6, 6.07) is 9.80. The lowest BCUT2D eigenvalue weighted by atomic mass is 10.1. The molecule has 20 heavy (non-hydrogen) atoms. The number of aliphatic carboxylic acids is 1. The molecule has 1 aromatic heterocycles. The number of carboxylic acids is 1. The normalized spacial score (nSPS) is 10.7. The number of rotatable bonds is 7. The highest BCUT2D eigenvalue weighted by atomic mass is 32.2. The zero-order chi connectivity index (χ0) is 14.4. The monoisotopic (exact) mass is 307 g/mol. The highest BCUT2D eigenvalue weighted by Gasteiger charge is 2.15. The first-order chi connectivity index (χ1) is 9.70. The lowest BCUT2D eigenvalue weighted by Gasteiger charge is -1.99. The third kappa shape index (κ3) is 4.08. The SMILES string of the molecule is CCCSCc1nc(-c2ccccc2)c(CC(=O)O)s1. The van der Waals surface area contributed by atoms with Crippen molar-refractivity contribution in [1.82, 2.24) is 4.98 Å². The Bertz CT molecular complexity index is 567. The fourth-order valence-electron chi connectivity index (χ4n) is 1.84. The fourth-order valence-corrected chi connectivity index (χ4v) is 3.88. The number of thioether (sulfide) groups is 1. The Morgan fingerprint density at radius 3 is 2.75 bits per heavy atom.